The van der Waals surface area contributed by atoms with Crippen LogP contribution in [0, 0.1) is 28.4 Å². The summed E-state index contributed by atoms with van der Waals surface area (Å²) in [4.78, 5) is 30.2. The summed E-state index contributed by atoms with van der Waals surface area (Å²) in [7, 11) is 1.83. The van der Waals surface area contributed by atoms with Gasteiger partial charge in [-0.3, -0.25) is 9.69 Å². The number of fused-ring (bicyclic) bond motifs is 2. The summed E-state index contributed by atoms with van der Waals surface area (Å²) < 4.78 is 29.6. The molecule has 0 bridgehead atoms. The molecule has 48 heavy (non-hydrogen) atoms. The van der Waals surface area contributed by atoms with Crippen LogP contribution in [0.25, 0.3) is 22.2 Å². The number of thiazole rings is 1. The summed E-state index contributed by atoms with van der Waals surface area (Å²) in [5.74, 6) is -0.775. The van der Waals surface area contributed by atoms with Crippen molar-refractivity contribution in [1.29, 1.82) is 5.26 Å². The van der Waals surface area contributed by atoms with Gasteiger partial charge in [-0.05, 0) is 75.2 Å². The predicted molar refractivity (Wildman–Crippen MR) is 178 cm³/mol. The average molecular weight is 672 g/mol. The number of nitrogens with zero attached hydrogens (tertiary/aromatic N) is 7. The molecule has 1 atom stereocenters. The van der Waals surface area contributed by atoms with E-state index in [4.69, 9.17) is 4.98 Å². The number of hydrogen-bond acceptors (Lipinski definition) is 10. The monoisotopic (exact) mass is 671 g/mol. The first-order valence-corrected chi connectivity index (χ1v) is 17.1. The van der Waals surface area contributed by atoms with E-state index < -0.39 is 18.0 Å². The number of aliphatic hydroxyl groups excluding tert-OH is 2. The van der Waals surface area contributed by atoms with Crippen LogP contribution < -0.4 is 9.80 Å². The number of anilines is 3. The van der Waals surface area contributed by atoms with Crippen molar-refractivity contribution in [2.75, 3.05) is 62.7 Å². The average Bonchev–Trinajstić information content (AvgIpc) is 3.65. The van der Waals surface area contributed by atoms with Crippen LogP contribution in [0.3, 0.4) is 0 Å². The minimum Gasteiger partial charge on any atom is -0.389 e. The van der Waals surface area contributed by atoms with Crippen LogP contribution in [0.4, 0.5) is 25.3 Å². The molecule has 1 amide bonds. The molecule has 10 nitrogen and oxygen atoms in total. The Bertz CT molecular complexity index is 1960. The zero-order valence-corrected chi connectivity index (χ0v) is 27.3. The molecule has 2 aromatic carbocycles. The van der Waals surface area contributed by atoms with Gasteiger partial charge in [-0.25, -0.2) is 18.7 Å². The molecule has 5 heterocycles. The molecular weight excluding hydrogens is 636 g/mol. The quantitative estimate of drug-likeness (QED) is 0.308. The number of nitriles is 1. The fourth-order valence-electron chi connectivity index (χ4n) is 7.68. The molecule has 1 aliphatic carbocycles. The number of pyridine rings is 1. The van der Waals surface area contributed by atoms with E-state index in [1.54, 1.807) is 17.0 Å². The lowest BCUT2D eigenvalue weighted by molar-refractivity contribution is -0.143. The number of aliphatic hydroxyl groups is 2. The van der Waals surface area contributed by atoms with Crippen molar-refractivity contribution in [2.45, 2.75) is 37.9 Å². The van der Waals surface area contributed by atoms with Crippen LogP contribution in [0.15, 0.2) is 36.4 Å². The van der Waals surface area contributed by atoms with Crippen molar-refractivity contribution in [3.8, 4) is 17.3 Å². The molecule has 1 spiro atoms. The number of carbonyl (C=O) groups is 1. The molecule has 1 unspecified atom stereocenters. The second-order valence-electron chi connectivity index (χ2n) is 13.6. The summed E-state index contributed by atoms with van der Waals surface area (Å²) in [5, 5.41) is 31.4. The summed E-state index contributed by atoms with van der Waals surface area (Å²) in [6.07, 6.45) is 1.76. The number of carbonyl (C=O) groups excluding carboxylic acids is 1. The van der Waals surface area contributed by atoms with E-state index in [-0.39, 0.29) is 22.7 Å². The molecule has 3 fully saturated rings. The van der Waals surface area contributed by atoms with Crippen LogP contribution in [-0.2, 0) is 11.2 Å². The number of rotatable bonds is 6. The van der Waals surface area contributed by atoms with Gasteiger partial charge in [0.15, 0.2) is 10.9 Å². The van der Waals surface area contributed by atoms with Crippen molar-refractivity contribution in [1.82, 2.24) is 19.8 Å². The van der Waals surface area contributed by atoms with Crippen molar-refractivity contribution < 1.29 is 23.8 Å². The van der Waals surface area contributed by atoms with Gasteiger partial charge in [0.1, 0.15) is 28.0 Å². The maximum Gasteiger partial charge on any atom is 0.236 e. The van der Waals surface area contributed by atoms with Crippen LogP contribution in [-0.4, -0.2) is 94.9 Å². The van der Waals surface area contributed by atoms with E-state index >= 15 is 4.39 Å². The lowest BCUT2D eigenvalue weighted by atomic mass is 9.71. The molecule has 248 valence electrons. The molecule has 3 aliphatic heterocycles. The highest BCUT2D eigenvalue weighted by molar-refractivity contribution is 7.16. The molecule has 2 N–H and O–H groups in total. The van der Waals surface area contributed by atoms with Gasteiger partial charge in [0.25, 0.3) is 0 Å². The number of halogens is 2. The summed E-state index contributed by atoms with van der Waals surface area (Å²) in [6, 6.07) is 11.6. The van der Waals surface area contributed by atoms with Gasteiger partial charge in [0.2, 0.25) is 5.91 Å². The van der Waals surface area contributed by atoms with Gasteiger partial charge in [0.05, 0.1) is 30.1 Å². The molecule has 2 aromatic heterocycles. The highest BCUT2D eigenvalue weighted by atomic mass is 32.1. The van der Waals surface area contributed by atoms with E-state index in [1.807, 2.05) is 18.0 Å². The third kappa shape index (κ3) is 5.27. The zero-order chi connectivity index (χ0) is 33.3. The molecule has 4 aromatic rings. The van der Waals surface area contributed by atoms with E-state index in [0.29, 0.717) is 70.5 Å². The van der Waals surface area contributed by atoms with Crippen molar-refractivity contribution in [3.63, 3.8) is 0 Å². The normalized spacial score (nSPS) is 20.5. The van der Waals surface area contributed by atoms with Crippen LogP contribution in [0.5, 0.6) is 0 Å². The molecule has 13 heteroatoms. The number of hydrogen-bond donors (Lipinski definition) is 2. The SMILES string of the molecule is CN(c1nc(-c2ccc(F)cc2)c(C#N)s1)c1c2c(nc3c(F)cc(N4CC5(CCN(CC(=O)N6CC(O)C6)CC5)C4)cc13)C(O)CC2. The Morgan fingerprint density at radius 3 is 2.54 bits per heavy atom. The first-order chi connectivity index (χ1) is 23.1. The maximum atomic E-state index is 16.0. The van der Waals surface area contributed by atoms with Crippen LogP contribution in [0.2, 0.25) is 0 Å². The highest BCUT2D eigenvalue weighted by Gasteiger charge is 2.45. The van der Waals surface area contributed by atoms with Gasteiger partial charge in [-0.15, -0.1) is 0 Å². The van der Waals surface area contributed by atoms with E-state index in [2.05, 4.69) is 20.9 Å². The predicted octanol–water partition coefficient (Wildman–Crippen LogP) is 4.36. The first-order valence-electron chi connectivity index (χ1n) is 16.3. The maximum absolute atomic E-state index is 16.0. The second-order valence-corrected chi connectivity index (χ2v) is 14.6. The molecule has 4 aliphatic rings. The minimum absolute atomic E-state index is 0.0692. The number of β-amino-alcohol motifs (C(OH)–C–C–N with tert-alkyl or cyclic N) is 1. The van der Waals surface area contributed by atoms with Crippen molar-refractivity contribution in [2.24, 2.45) is 5.41 Å². The highest BCUT2D eigenvalue weighted by Crippen LogP contribution is 2.48. The van der Waals surface area contributed by atoms with E-state index in [1.165, 1.54) is 29.5 Å². The number of benzene rings is 2. The molecule has 0 radical (unpaired) electrons. The molecule has 0 saturated carbocycles. The fourth-order valence-corrected chi connectivity index (χ4v) is 8.53. The summed E-state index contributed by atoms with van der Waals surface area (Å²) in [6.45, 7) is 4.46. The van der Waals surface area contributed by atoms with E-state index in [0.717, 1.165) is 50.3 Å². The summed E-state index contributed by atoms with van der Waals surface area (Å²) >= 11 is 1.21. The number of aromatic nitrogens is 2. The Hall–Kier alpha value is -4.22. The zero-order valence-electron chi connectivity index (χ0n) is 26.5. The number of piperidine rings is 1. The van der Waals surface area contributed by atoms with Crippen molar-refractivity contribution in [3.05, 3.63) is 64.2 Å². The van der Waals surface area contributed by atoms with Gasteiger partial charge in [-0.2, -0.15) is 5.26 Å². The van der Waals surface area contributed by atoms with Crippen LogP contribution in [0.1, 0.15) is 41.5 Å². The lowest BCUT2D eigenvalue weighted by Crippen LogP contribution is -2.61. The Morgan fingerprint density at radius 2 is 1.85 bits per heavy atom. The fraction of sp³-hybridized carbons (Fsp3) is 0.429. The molecule has 3 saturated heterocycles. The van der Waals surface area contributed by atoms with Gasteiger partial charge in [0, 0.05) is 60.8 Å². The van der Waals surface area contributed by atoms with Crippen LogP contribution >= 0.6 is 11.3 Å². The first kappa shape index (κ1) is 31.1. The Labute approximate surface area is 280 Å². The van der Waals surface area contributed by atoms with E-state index in [9.17, 15) is 24.7 Å². The van der Waals surface area contributed by atoms with Gasteiger partial charge < -0.3 is 24.9 Å². The number of likely N-dealkylation sites (tertiary alicyclic amines) is 2. The Morgan fingerprint density at radius 1 is 1.12 bits per heavy atom. The smallest absolute Gasteiger partial charge is 0.236 e. The second kappa shape index (κ2) is 11.7. The minimum atomic E-state index is -0.801. The standard InChI is InChI=1S/C35H35F2N7O3S/c1-41(34-40-30(28(14-38)48-34)20-2-4-21(36)5-3-20)33-24-6-7-27(46)32(24)39-31-25(33)12-22(13-26(31)37)44-18-35(19-44)8-10-42(11-9-35)17-29(47)43-15-23(45)16-43/h2-5,12-13,23,27,45-46H,6-11,15-19H2,1H3. The molecular formula is C35H35F2N7O3S. The third-order valence-corrected chi connectivity index (χ3v) is 11.5. The third-order valence-electron chi connectivity index (χ3n) is 10.5. The summed E-state index contributed by atoms with van der Waals surface area (Å²) in [5.41, 5.74) is 4.13. The van der Waals surface area contributed by atoms with Crippen molar-refractivity contribution >= 4 is 44.7 Å². The topological polar surface area (TPSA) is 120 Å². The Balaban J connectivity index is 1.07. The number of amides is 1. The molecule has 8 rings (SSSR count). The lowest BCUT2D eigenvalue weighted by Gasteiger charge is -2.55. The van der Waals surface area contributed by atoms with Gasteiger partial charge in [-0.1, -0.05) is 11.3 Å². The Kier molecular flexibility index (Phi) is 7.59. The largest absolute Gasteiger partial charge is 0.389 e. The van der Waals surface area contributed by atoms with Gasteiger partial charge >= 0.3 is 0 Å².